The maximum Gasteiger partial charge on any atom is 0.0305 e. The Kier molecular flexibility index (Phi) is 4.37. The van der Waals surface area contributed by atoms with Crippen LogP contribution in [-0.4, -0.2) is 0 Å². The molecule has 0 spiro atoms. The van der Waals surface area contributed by atoms with Crippen molar-refractivity contribution in [2.24, 2.45) is 0 Å². The zero-order valence-electron chi connectivity index (χ0n) is 10.0. The molecule has 0 saturated heterocycles. The molecule has 0 amide bonds. The summed E-state index contributed by atoms with van der Waals surface area (Å²) < 4.78 is 1.17. The monoisotopic (exact) mass is 309 g/mol. The maximum absolute atomic E-state index is 3.56. The molecule has 1 nitrogen and oxygen atoms in total. The van der Waals surface area contributed by atoms with E-state index < -0.39 is 0 Å². The second-order valence-electron chi connectivity index (χ2n) is 4.19. The molecule has 17 heavy (non-hydrogen) atoms. The topological polar surface area (TPSA) is 12.0 Å². The van der Waals surface area contributed by atoms with Gasteiger partial charge in [0.15, 0.2) is 0 Å². The Balaban J connectivity index is 1.98. The molecule has 1 aromatic heterocycles. The van der Waals surface area contributed by atoms with Crippen LogP contribution in [0.2, 0.25) is 0 Å². The number of hydrogen-bond acceptors (Lipinski definition) is 2. The molecule has 0 unspecified atom stereocenters. The lowest BCUT2D eigenvalue weighted by molar-refractivity contribution is 0.576. The quantitative estimate of drug-likeness (QED) is 0.865. The zero-order valence-corrected chi connectivity index (χ0v) is 12.4. The van der Waals surface area contributed by atoms with Crippen LogP contribution in [0.15, 0.2) is 40.2 Å². The summed E-state index contributed by atoms with van der Waals surface area (Å²) in [6.45, 7) is 5.30. The van der Waals surface area contributed by atoms with E-state index >= 15 is 0 Å². The van der Waals surface area contributed by atoms with Gasteiger partial charge < -0.3 is 5.32 Å². The van der Waals surface area contributed by atoms with Crippen LogP contribution in [0.1, 0.15) is 29.0 Å². The normalized spacial score (nSPS) is 12.6. The van der Waals surface area contributed by atoms with Gasteiger partial charge in [-0.3, -0.25) is 0 Å². The minimum absolute atomic E-state index is 0.386. The summed E-state index contributed by atoms with van der Waals surface area (Å²) in [5, 5.41) is 5.68. The number of nitrogens with one attached hydrogen (secondary N) is 1. The minimum Gasteiger partial charge on any atom is -0.305 e. The number of thiophene rings is 1. The van der Waals surface area contributed by atoms with Crippen LogP contribution in [0.3, 0.4) is 0 Å². The molecule has 1 N–H and O–H groups in total. The maximum atomic E-state index is 3.56. The molecule has 0 radical (unpaired) electrons. The largest absolute Gasteiger partial charge is 0.305 e. The van der Waals surface area contributed by atoms with Crippen LogP contribution in [0.4, 0.5) is 0 Å². The number of benzene rings is 1. The summed E-state index contributed by atoms with van der Waals surface area (Å²) in [7, 11) is 0. The van der Waals surface area contributed by atoms with Crippen LogP contribution in [0, 0.1) is 6.92 Å². The van der Waals surface area contributed by atoms with Crippen molar-refractivity contribution < 1.29 is 0 Å². The Labute approximate surface area is 115 Å². The highest BCUT2D eigenvalue weighted by Gasteiger charge is 2.07. The number of hydrogen-bond donors (Lipinski definition) is 1. The summed E-state index contributed by atoms with van der Waals surface area (Å²) in [5.74, 6) is 0. The third-order valence-electron chi connectivity index (χ3n) is 2.86. The van der Waals surface area contributed by atoms with E-state index in [0.29, 0.717) is 6.04 Å². The van der Waals surface area contributed by atoms with E-state index in [-0.39, 0.29) is 0 Å². The fourth-order valence-electron chi connectivity index (χ4n) is 1.88. The molecule has 3 heteroatoms. The summed E-state index contributed by atoms with van der Waals surface area (Å²) in [6, 6.07) is 11.1. The third-order valence-corrected chi connectivity index (χ3v) is 4.56. The second-order valence-corrected chi connectivity index (χ2v) is 6.10. The van der Waals surface area contributed by atoms with E-state index in [0.717, 1.165) is 6.54 Å². The molecule has 0 bridgehead atoms. The van der Waals surface area contributed by atoms with Crippen molar-refractivity contribution in [1.29, 1.82) is 0 Å². The van der Waals surface area contributed by atoms with Gasteiger partial charge in [-0.05, 0) is 47.0 Å². The minimum atomic E-state index is 0.386. The molecule has 2 rings (SSSR count). The van der Waals surface area contributed by atoms with Crippen LogP contribution in [0.5, 0.6) is 0 Å². The van der Waals surface area contributed by atoms with Gasteiger partial charge in [-0.1, -0.05) is 24.3 Å². The molecule has 0 fully saturated rings. The molecule has 2 aromatic rings. The summed E-state index contributed by atoms with van der Waals surface area (Å²) >= 11 is 5.26. The highest BCUT2D eigenvalue weighted by molar-refractivity contribution is 9.10. The average molecular weight is 310 g/mol. The first-order chi connectivity index (χ1) is 8.16. The Hall–Kier alpha value is -0.640. The van der Waals surface area contributed by atoms with Gasteiger partial charge in [0.1, 0.15) is 0 Å². The highest BCUT2D eigenvalue weighted by atomic mass is 79.9. The fraction of sp³-hybridized carbons (Fsp3) is 0.286. The molecule has 90 valence electrons. The molecule has 1 heterocycles. The van der Waals surface area contributed by atoms with E-state index in [4.69, 9.17) is 0 Å². The number of rotatable bonds is 4. The van der Waals surface area contributed by atoms with Gasteiger partial charge in [-0.2, -0.15) is 0 Å². The Bertz CT molecular complexity index is 492. The van der Waals surface area contributed by atoms with Crippen molar-refractivity contribution in [3.8, 4) is 0 Å². The molecular weight excluding hydrogens is 294 g/mol. The van der Waals surface area contributed by atoms with E-state index in [1.807, 2.05) is 0 Å². The van der Waals surface area contributed by atoms with E-state index in [2.05, 4.69) is 70.8 Å². The van der Waals surface area contributed by atoms with Crippen LogP contribution < -0.4 is 5.32 Å². The van der Waals surface area contributed by atoms with Crippen LogP contribution >= 0.6 is 27.3 Å². The standard InChI is InChI=1S/C14H16BrNS/c1-10-5-3-4-6-14(10)11(2)16-8-13-7-12(15)9-17-13/h3-7,9,11,16H,8H2,1-2H3/t11-/m1/s1. The first kappa shape index (κ1) is 12.8. The van der Waals surface area contributed by atoms with Gasteiger partial charge in [0, 0.05) is 27.3 Å². The van der Waals surface area contributed by atoms with Crippen molar-refractivity contribution in [2.75, 3.05) is 0 Å². The lowest BCUT2D eigenvalue weighted by Crippen LogP contribution is -2.18. The molecule has 0 aliphatic carbocycles. The molecule has 1 atom stereocenters. The predicted molar refractivity (Wildman–Crippen MR) is 78.5 cm³/mol. The van der Waals surface area contributed by atoms with Gasteiger partial charge in [0.2, 0.25) is 0 Å². The lowest BCUT2D eigenvalue weighted by Gasteiger charge is -2.15. The molecule has 0 aliphatic heterocycles. The first-order valence-corrected chi connectivity index (χ1v) is 7.36. The van der Waals surface area contributed by atoms with Crippen molar-refractivity contribution in [3.63, 3.8) is 0 Å². The van der Waals surface area contributed by atoms with Gasteiger partial charge in [0.25, 0.3) is 0 Å². The first-order valence-electron chi connectivity index (χ1n) is 5.68. The highest BCUT2D eigenvalue weighted by Crippen LogP contribution is 2.21. The molecule has 0 aliphatic rings. The van der Waals surface area contributed by atoms with Crippen LogP contribution in [0.25, 0.3) is 0 Å². The Morgan fingerprint density at radius 2 is 2.12 bits per heavy atom. The van der Waals surface area contributed by atoms with Crippen molar-refractivity contribution in [2.45, 2.75) is 26.4 Å². The zero-order chi connectivity index (χ0) is 12.3. The van der Waals surface area contributed by atoms with Gasteiger partial charge in [0.05, 0.1) is 0 Å². The summed E-state index contributed by atoms with van der Waals surface area (Å²) in [4.78, 5) is 1.36. The predicted octanol–water partition coefficient (Wildman–Crippen LogP) is 4.67. The third kappa shape index (κ3) is 3.41. The smallest absolute Gasteiger partial charge is 0.0305 e. The van der Waals surface area contributed by atoms with E-state index in [9.17, 15) is 0 Å². The second kappa shape index (κ2) is 5.80. The molecular formula is C14H16BrNS. The number of aryl methyl sites for hydroxylation is 1. The van der Waals surface area contributed by atoms with E-state index in [1.165, 1.54) is 20.5 Å². The Morgan fingerprint density at radius 1 is 1.35 bits per heavy atom. The van der Waals surface area contributed by atoms with Crippen molar-refractivity contribution >= 4 is 27.3 Å². The number of halogens is 1. The summed E-state index contributed by atoms with van der Waals surface area (Å²) in [5.41, 5.74) is 2.72. The van der Waals surface area contributed by atoms with Crippen molar-refractivity contribution in [1.82, 2.24) is 5.32 Å². The van der Waals surface area contributed by atoms with Gasteiger partial charge in [-0.15, -0.1) is 11.3 Å². The fourth-order valence-corrected chi connectivity index (χ4v) is 3.28. The van der Waals surface area contributed by atoms with Gasteiger partial charge in [-0.25, -0.2) is 0 Å². The van der Waals surface area contributed by atoms with Crippen molar-refractivity contribution in [3.05, 3.63) is 56.2 Å². The average Bonchev–Trinajstić information content (AvgIpc) is 2.73. The summed E-state index contributed by atoms with van der Waals surface area (Å²) in [6.07, 6.45) is 0. The van der Waals surface area contributed by atoms with Crippen LogP contribution in [-0.2, 0) is 6.54 Å². The van der Waals surface area contributed by atoms with Gasteiger partial charge >= 0.3 is 0 Å². The molecule has 1 aromatic carbocycles. The SMILES string of the molecule is Cc1ccccc1[C@@H](C)NCc1cc(Br)cs1. The Morgan fingerprint density at radius 3 is 2.76 bits per heavy atom. The molecule has 0 saturated carbocycles. The lowest BCUT2D eigenvalue weighted by atomic mass is 10.0. The van der Waals surface area contributed by atoms with E-state index in [1.54, 1.807) is 11.3 Å².